The Morgan fingerprint density at radius 2 is 1.91 bits per heavy atom. The first-order valence-electron chi connectivity index (χ1n) is 11.3. The van der Waals surface area contributed by atoms with Crippen LogP contribution < -0.4 is 15.4 Å². The third-order valence-corrected chi connectivity index (χ3v) is 5.83. The average molecular weight is 478 g/mol. The number of carbonyl (C=O) groups excluding carboxylic acids is 1. The molecule has 34 heavy (non-hydrogen) atoms. The average Bonchev–Trinajstić information content (AvgIpc) is 3.14. The Balaban J connectivity index is 1.65. The summed E-state index contributed by atoms with van der Waals surface area (Å²) in [5.74, 6) is 1.80. The maximum Gasteiger partial charge on any atom is 0.323 e. The van der Waals surface area contributed by atoms with Crippen molar-refractivity contribution in [3.05, 3.63) is 76.7 Å². The number of urea groups is 1. The van der Waals surface area contributed by atoms with E-state index in [1.54, 1.807) is 31.4 Å². The molecule has 7 nitrogen and oxygen atoms in total. The highest BCUT2D eigenvalue weighted by Crippen LogP contribution is 2.26. The van der Waals surface area contributed by atoms with E-state index in [9.17, 15) is 4.79 Å². The van der Waals surface area contributed by atoms with Gasteiger partial charge in [0, 0.05) is 22.7 Å². The van der Waals surface area contributed by atoms with Gasteiger partial charge in [-0.25, -0.2) is 14.8 Å². The monoisotopic (exact) mass is 477 g/mol. The number of ether oxygens (including phenoxy) is 1. The van der Waals surface area contributed by atoms with Crippen molar-refractivity contribution < 1.29 is 9.53 Å². The number of fused-ring (bicyclic) bond motifs is 1. The van der Waals surface area contributed by atoms with Crippen LogP contribution in [-0.2, 0) is 13.0 Å². The predicted molar refractivity (Wildman–Crippen MR) is 137 cm³/mol. The number of aromatic nitrogens is 3. The Labute approximate surface area is 204 Å². The molecule has 0 aliphatic heterocycles. The first kappa shape index (κ1) is 23.6. The van der Waals surface area contributed by atoms with Gasteiger partial charge < -0.3 is 19.9 Å². The van der Waals surface area contributed by atoms with Crippen molar-refractivity contribution in [2.45, 2.75) is 39.7 Å². The summed E-state index contributed by atoms with van der Waals surface area (Å²) in [6.45, 7) is 4.64. The van der Waals surface area contributed by atoms with Gasteiger partial charge in [-0.05, 0) is 43.7 Å². The summed E-state index contributed by atoms with van der Waals surface area (Å²) < 4.78 is 7.70. The van der Waals surface area contributed by atoms with E-state index in [0.29, 0.717) is 28.6 Å². The van der Waals surface area contributed by atoms with Crippen molar-refractivity contribution in [2.24, 2.45) is 0 Å². The molecule has 176 valence electrons. The number of nitrogens with zero attached hydrogens (tertiary/aromatic N) is 3. The fourth-order valence-corrected chi connectivity index (χ4v) is 4.05. The van der Waals surface area contributed by atoms with Gasteiger partial charge in [0.15, 0.2) is 5.65 Å². The Hall–Kier alpha value is -3.58. The molecule has 4 rings (SSSR count). The van der Waals surface area contributed by atoms with Crippen LogP contribution in [0.25, 0.3) is 11.2 Å². The van der Waals surface area contributed by atoms with Crippen LogP contribution in [0.15, 0.2) is 54.6 Å². The van der Waals surface area contributed by atoms with E-state index in [0.717, 1.165) is 47.6 Å². The second-order valence-corrected chi connectivity index (χ2v) is 8.52. The topological polar surface area (TPSA) is 81.1 Å². The molecule has 0 aliphatic rings. The fourth-order valence-electron chi connectivity index (χ4n) is 3.86. The zero-order valence-electron chi connectivity index (χ0n) is 19.6. The lowest BCUT2D eigenvalue weighted by Crippen LogP contribution is -2.20. The molecule has 0 fully saturated rings. The minimum Gasteiger partial charge on any atom is -0.496 e. The van der Waals surface area contributed by atoms with Crippen molar-refractivity contribution in [1.82, 2.24) is 14.5 Å². The lowest BCUT2D eigenvalue weighted by atomic mass is 10.2. The van der Waals surface area contributed by atoms with Gasteiger partial charge in [-0.2, -0.15) is 0 Å². The standard InChI is InChI=1S/C26H28ClN5O2/c1-4-5-13-24-30-22-15-21(31-26(33)29-20-11-8-10-19(27)14-20)17(2)28-25(22)32(24)16-18-9-6-7-12-23(18)34-3/h6-12,14-15H,4-5,13,16H2,1-3H3,(H2,29,31,33). The number of hydrogen-bond acceptors (Lipinski definition) is 4. The van der Waals surface area contributed by atoms with Gasteiger partial charge in [0.25, 0.3) is 0 Å². The molecule has 0 unspecified atom stereocenters. The quantitative estimate of drug-likeness (QED) is 0.306. The van der Waals surface area contributed by atoms with Crippen molar-refractivity contribution >= 4 is 40.2 Å². The van der Waals surface area contributed by atoms with E-state index in [2.05, 4.69) is 28.2 Å². The van der Waals surface area contributed by atoms with Crippen LogP contribution in [0.4, 0.5) is 16.2 Å². The molecule has 0 spiro atoms. The molecule has 2 aromatic carbocycles. The van der Waals surface area contributed by atoms with Crippen LogP contribution in [0.1, 0.15) is 36.8 Å². The summed E-state index contributed by atoms with van der Waals surface area (Å²) in [5.41, 5.74) is 4.51. The number of anilines is 2. The number of halogens is 1. The second-order valence-electron chi connectivity index (χ2n) is 8.08. The second kappa shape index (κ2) is 10.6. The molecule has 0 saturated carbocycles. The number of para-hydroxylation sites is 1. The molecule has 4 aromatic rings. The van der Waals surface area contributed by atoms with Gasteiger partial charge >= 0.3 is 6.03 Å². The van der Waals surface area contributed by atoms with E-state index in [1.807, 2.05) is 31.2 Å². The van der Waals surface area contributed by atoms with Crippen LogP contribution in [0.3, 0.4) is 0 Å². The minimum absolute atomic E-state index is 0.369. The van der Waals surface area contributed by atoms with Crippen LogP contribution in [0.5, 0.6) is 5.75 Å². The Morgan fingerprint density at radius 3 is 2.68 bits per heavy atom. The zero-order valence-corrected chi connectivity index (χ0v) is 20.3. The van der Waals surface area contributed by atoms with Gasteiger partial charge in [0.05, 0.1) is 25.0 Å². The van der Waals surface area contributed by atoms with Gasteiger partial charge in [0.1, 0.15) is 17.1 Å². The van der Waals surface area contributed by atoms with Crippen molar-refractivity contribution in [1.29, 1.82) is 0 Å². The summed E-state index contributed by atoms with van der Waals surface area (Å²) in [7, 11) is 1.68. The number of rotatable bonds is 8. The maximum absolute atomic E-state index is 12.6. The van der Waals surface area contributed by atoms with Gasteiger partial charge in [0.2, 0.25) is 0 Å². The molecule has 0 bridgehead atoms. The largest absolute Gasteiger partial charge is 0.496 e. The number of pyridine rings is 1. The lowest BCUT2D eigenvalue weighted by Gasteiger charge is -2.13. The van der Waals surface area contributed by atoms with Gasteiger partial charge in [-0.1, -0.05) is 49.2 Å². The summed E-state index contributed by atoms with van der Waals surface area (Å²) >= 11 is 6.01. The molecule has 0 saturated heterocycles. The minimum atomic E-state index is -0.369. The summed E-state index contributed by atoms with van der Waals surface area (Å²) in [6.07, 6.45) is 2.95. The van der Waals surface area contributed by atoms with Crippen LogP contribution in [0.2, 0.25) is 5.02 Å². The van der Waals surface area contributed by atoms with E-state index >= 15 is 0 Å². The molecule has 0 aliphatic carbocycles. The lowest BCUT2D eigenvalue weighted by molar-refractivity contribution is 0.262. The molecule has 8 heteroatoms. The first-order chi connectivity index (χ1) is 16.5. The number of unbranched alkanes of at least 4 members (excludes halogenated alkanes) is 1. The summed E-state index contributed by atoms with van der Waals surface area (Å²) in [6, 6.07) is 16.5. The number of aryl methyl sites for hydroxylation is 2. The van der Waals surface area contributed by atoms with E-state index in [4.69, 9.17) is 26.3 Å². The highest BCUT2D eigenvalue weighted by atomic mass is 35.5. The summed E-state index contributed by atoms with van der Waals surface area (Å²) in [5, 5.41) is 6.23. The first-order valence-corrected chi connectivity index (χ1v) is 11.7. The number of carbonyl (C=O) groups is 1. The van der Waals surface area contributed by atoms with Crippen molar-refractivity contribution in [2.75, 3.05) is 17.7 Å². The number of methoxy groups -OCH3 is 1. The van der Waals surface area contributed by atoms with E-state index < -0.39 is 0 Å². The number of nitrogens with one attached hydrogen (secondary N) is 2. The molecular weight excluding hydrogens is 450 g/mol. The SMILES string of the molecule is CCCCc1nc2cc(NC(=O)Nc3cccc(Cl)c3)c(C)nc2n1Cc1ccccc1OC. The van der Waals surface area contributed by atoms with Crippen molar-refractivity contribution in [3.8, 4) is 5.75 Å². The Kier molecular flexibility index (Phi) is 7.33. The Morgan fingerprint density at radius 1 is 1.09 bits per heavy atom. The highest BCUT2D eigenvalue weighted by molar-refractivity contribution is 6.30. The van der Waals surface area contributed by atoms with Crippen molar-refractivity contribution in [3.63, 3.8) is 0 Å². The van der Waals surface area contributed by atoms with E-state index in [1.165, 1.54) is 0 Å². The molecule has 2 heterocycles. The number of amides is 2. The summed E-state index contributed by atoms with van der Waals surface area (Å²) in [4.78, 5) is 22.3. The molecule has 0 radical (unpaired) electrons. The van der Waals surface area contributed by atoms with Gasteiger partial charge in [-0.3, -0.25) is 0 Å². The third-order valence-electron chi connectivity index (χ3n) is 5.60. The van der Waals surface area contributed by atoms with E-state index in [-0.39, 0.29) is 6.03 Å². The number of hydrogen-bond donors (Lipinski definition) is 2. The highest BCUT2D eigenvalue weighted by Gasteiger charge is 2.17. The molecular formula is C26H28ClN5O2. The molecule has 2 N–H and O–H groups in total. The number of benzene rings is 2. The Bertz CT molecular complexity index is 1320. The van der Waals surface area contributed by atoms with Crippen LogP contribution in [-0.4, -0.2) is 27.7 Å². The fraction of sp³-hybridized carbons (Fsp3) is 0.269. The zero-order chi connectivity index (χ0) is 24.1. The molecule has 2 amide bonds. The molecule has 0 atom stereocenters. The maximum atomic E-state index is 12.6. The van der Waals surface area contributed by atoms with Gasteiger partial charge in [-0.15, -0.1) is 0 Å². The smallest absolute Gasteiger partial charge is 0.323 e. The molecule has 2 aromatic heterocycles. The normalized spacial score (nSPS) is 10.9. The van der Waals surface area contributed by atoms with Crippen LogP contribution >= 0.6 is 11.6 Å². The predicted octanol–water partition coefficient (Wildman–Crippen LogP) is 6.44. The third kappa shape index (κ3) is 5.31. The van der Waals surface area contributed by atoms with Crippen LogP contribution in [0, 0.1) is 6.92 Å². The number of imidazole rings is 1.